The van der Waals surface area contributed by atoms with Crippen molar-refractivity contribution in [3.05, 3.63) is 46.6 Å². The van der Waals surface area contributed by atoms with E-state index in [1.165, 1.54) is 11.0 Å². The minimum Gasteiger partial charge on any atom is -0.464 e. The lowest BCUT2D eigenvalue weighted by Crippen LogP contribution is -2.27. The highest BCUT2D eigenvalue weighted by molar-refractivity contribution is 6.29. The molecule has 0 unspecified atom stereocenters. The third kappa shape index (κ3) is 2.87. The lowest BCUT2D eigenvalue weighted by Gasteiger charge is -2.14. The molecule has 2 aromatic heterocycles. The van der Waals surface area contributed by atoms with Crippen LogP contribution in [0, 0.1) is 6.92 Å². The molecule has 2 rings (SSSR count). The first-order chi connectivity index (χ1) is 8.56. The highest BCUT2D eigenvalue weighted by Gasteiger charge is 2.15. The van der Waals surface area contributed by atoms with Crippen molar-refractivity contribution in [2.45, 2.75) is 13.5 Å². The van der Waals surface area contributed by atoms with Crippen LogP contribution in [-0.2, 0) is 6.54 Å². The summed E-state index contributed by atoms with van der Waals surface area (Å²) in [5, 5.41) is 7.64. The molecule has 0 saturated heterocycles. The van der Waals surface area contributed by atoms with Gasteiger partial charge >= 0.3 is 0 Å². The van der Waals surface area contributed by atoms with Gasteiger partial charge in [0.25, 0.3) is 5.91 Å². The van der Waals surface area contributed by atoms with Crippen molar-refractivity contribution in [2.24, 2.45) is 0 Å². The summed E-state index contributed by atoms with van der Waals surface area (Å²) in [6, 6.07) is 6.77. The molecule has 0 N–H and O–H groups in total. The van der Waals surface area contributed by atoms with E-state index in [1.54, 1.807) is 13.1 Å². The Hall–Kier alpha value is -1.88. The van der Waals surface area contributed by atoms with E-state index in [9.17, 15) is 4.79 Å². The number of carbonyl (C=O) groups is 1. The van der Waals surface area contributed by atoms with Gasteiger partial charge in [0.15, 0.2) is 10.8 Å². The predicted octanol–water partition coefficient (Wildman–Crippen LogP) is 2.30. The summed E-state index contributed by atoms with van der Waals surface area (Å²) >= 11 is 5.61. The average Bonchev–Trinajstić information content (AvgIpc) is 2.75. The van der Waals surface area contributed by atoms with E-state index >= 15 is 0 Å². The summed E-state index contributed by atoms with van der Waals surface area (Å²) in [6.45, 7) is 2.24. The molecule has 1 amide bonds. The van der Waals surface area contributed by atoms with Crippen LogP contribution in [0.15, 0.2) is 28.7 Å². The number of furan rings is 1. The molecule has 0 spiro atoms. The number of rotatable bonds is 3. The third-order valence-electron chi connectivity index (χ3n) is 2.39. The Morgan fingerprint density at radius 3 is 2.67 bits per heavy atom. The maximum atomic E-state index is 12.0. The maximum Gasteiger partial charge on any atom is 0.274 e. The van der Waals surface area contributed by atoms with E-state index in [2.05, 4.69) is 10.2 Å². The highest BCUT2D eigenvalue weighted by Crippen LogP contribution is 2.11. The molecule has 6 heteroatoms. The molecule has 0 atom stereocenters. The smallest absolute Gasteiger partial charge is 0.274 e. The molecular formula is C12H12ClN3O2. The van der Waals surface area contributed by atoms with Crippen LogP contribution in [0.2, 0.25) is 5.15 Å². The fourth-order valence-electron chi connectivity index (χ4n) is 1.50. The number of aromatic nitrogens is 2. The largest absolute Gasteiger partial charge is 0.464 e. The van der Waals surface area contributed by atoms with Gasteiger partial charge in [-0.2, -0.15) is 0 Å². The molecule has 2 heterocycles. The van der Waals surface area contributed by atoms with E-state index in [0.29, 0.717) is 6.54 Å². The highest BCUT2D eigenvalue weighted by atomic mass is 35.5. The molecule has 0 aromatic carbocycles. The van der Waals surface area contributed by atoms with Crippen LogP contribution in [0.3, 0.4) is 0 Å². The van der Waals surface area contributed by atoms with Crippen molar-refractivity contribution in [3.63, 3.8) is 0 Å². The van der Waals surface area contributed by atoms with Crippen molar-refractivity contribution in [2.75, 3.05) is 7.05 Å². The summed E-state index contributed by atoms with van der Waals surface area (Å²) in [5.74, 6) is 1.32. The molecule has 0 aliphatic carbocycles. The first kappa shape index (κ1) is 12.6. The topological polar surface area (TPSA) is 59.2 Å². The molecule has 2 aromatic rings. The Balaban J connectivity index is 2.07. The SMILES string of the molecule is Cc1ccc(CN(C)C(=O)c2ccc(Cl)nn2)o1. The fraction of sp³-hybridized carbons (Fsp3) is 0.250. The van der Waals surface area contributed by atoms with Crippen LogP contribution in [0.25, 0.3) is 0 Å². The lowest BCUT2D eigenvalue weighted by atomic mass is 10.3. The summed E-state index contributed by atoms with van der Waals surface area (Å²) in [6.07, 6.45) is 0. The second kappa shape index (κ2) is 5.18. The van der Waals surface area contributed by atoms with Gasteiger partial charge in [-0.3, -0.25) is 4.79 Å². The van der Waals surface area contributed by atoms with Crippen LogP contribution in [0.4, 0.5) is 0 Å². The van der Waals surface area contributed by atoms with Gasteiger partial charge in [-0.05, 0) is 31.2 Å². The Morgan fingerprint density at radius 2 is 2.11 bits per heavy atom. The number of hydrogen-bond donors (Lipinski definition) is 0. The molecule has 18 heavy (non-hydrogen) atoms. The third-order valence-corrected chi connectivity index (χ3v) is 2.59. The van der Waals surface area contributed by atoms with Crippen molar-refractivity contribution in [1.82, 2.24) is 15.1 Å². The number of nitrogens with zero attached hydrogens (tertiary/aromatic N) is 3. The van der Waals surface area contributed by atoms with Crippen molar-refractivity contribution >= 4 is 17.5 Å². The van der Waals surface area contributed by atoms with Gasteiger partial charge in [0.2, 0.25) is 0 Å². The number of carbonyl (C=O) groups excluding carboxylic acids is 1. The van der Waals surface area contributed by atoms with Crippen molar-refractivity contribution < 1.29 is 9.21 Å². The Kier molecular flexibility index (Phi) is 3.62. The quantitative estimate of drug-likeness (QED) is 0.854. The molecule has 5 nitrogen and oxygen atoms in total. The maximum absolute atomic E-state index is 12.0. The van der Waals surface area contributed by atoms with Crippen molar-refractivity contribution in [1.29, 1.82) is 0 Å². The first-order valence-electron chi connectivity index (χ1n) is 5.36. The minimum atomic E-state index is -0.229. The standard InChI is InChI=1S/C12H12ClN3O2/c1-8-3-4-9(18-8)7-16(2)12(17)10-5-6-11(13)15-14-10/h3-6H,7H2,1-2H3. The molecule has 0 bridgehead atoms. The van der Waals surface area contributed by atoms with Crippen LogP contribution in [-0.4, -0.2) is 28.1 Å². The summed E-state index contributed by atoms with van der Waals surface area (Å²) in [4.78, 5) is 13.5. The first-order valence-corrected chi connectivity index (χ1v) is 5.74. The molecule has 0 saturated carbocycles. The number of aryl methyl sites for hydroxylation is 1. The lowest BCUT2D eigenvalue weighted by molar-refractivity contribution is 0.0768. The summed E-state index contributed by atoms with van der Waals surface area (Å²) in [5.41, 5.74) is 0.255. The van der Waals surface area contributed by atoms with E-state index < -0.39 is 0 Å². The van der Waals surface area contributed by atoms with Crippen LogP contribution >= 0.6 is 11.6 Å². The molecule has 0 radical (unpaired) electrons. The zero-order valence-electron chi connectivity index (χ0n) is 10.1. The van der Waals surface area contributed by atoms with Gasteiger partial charge in [0, 0.05) is 7.05 Å². The monoisotopic (exact) mass is 265 g/mol. The molecule has 94 valence electrons. The van der Waals surface area contributed by atoms with Crippen LogP contribution in [0.1, 0.15) is 22.0 Å². The predicted molar refractivity (Wildman–Crippen MR) is 66.3 cm³/mol. The Morgan fingerprint density at radius 1 is 1.33 bits per heavy atom. The average molecular weight is 266 g/mol. The van der Waals surface area contributed by atoms with E-state index in [0.717, 1.165) is 11.5 Å². The second-order valence-corrected chi connectivity index (χ2v) is 4.30. The van der Waals surface area contributed by atoms with Gasteiger partial charge in [0.1, 0.15) is 11.5 Å². The Bertz CT molecular complexity index is 551. The van der Waals surface area contributed by atoms with E-state index in [1.807, 2.05) is 19.1 Å². The van der Waals surface area contributed by atoms with Gasteiger partial charge in [-0.15, -0.1) is 10.2 Å². The van der Waals surface area contributed by atoms with E-state index in [4.69, 9.17) is 16.0 Å². The zero-order valence-corrected chi connectivity index (χ0v) is 10.8. The Labute approximate surface area is 109 Å². The number of halogens is 1. The summed E-state index contributed by atoms with van der Waals surface area (Å²) in [7, 11) is 1.68. The normalized spacial score (nSPS) is 10.4. The molecule has 0 fully saturated rings. The van der Waals surface area contributed by atoms with E-state index in [-0.39, 0.29) is 16.8 Å². The van der Waals surface area contributed by atoms with Crippen LogP contribution in [0.5, 0.6) is 0 Å². The van der Waals surface area contributed by atoms with Gasteiger partial charge in [0.05, 0.1) is 6.54 Å². The minimum absolute atomic E-state index is 0.229. The molecular weight excluding hydrogens is 254 g/mol. The number of hydrogen-bond acceptors (Lipinski definition) is 4. The number of amides is 1. The zero-order chi connectivity index (χ0) is 13.1. The second-order valence-electron chi connectivity index (χ2n) is 3.91. The molecule has 0 aliphatic rings. The van der Waals surface area contributed by atoms with Gasteiger partial charge in [-0.1, -0.05) is 11.6 Å². The summed E-state index contributed by atoms with van der Waals surface area (Å²) < 4.78 is 5.41. The fourth-order valence-corrected chi connectivity index (χ4v) is 1.60. The van der Waals surface area contributed by atoms with Crippen LogP contribution < -0.4 is 0 Å². The molecule has 0 aliphatic heterocycles. The van der Waals surface area contributed by atoms with Crippen molar-refractivity contribution in [3.8, 4) is 0 Å². The van der Waals surface area contributed by atoms with Gasteiger partial charge in [-0.25, -0.2) is 0 Å². The van der Waals surface area contributed by atoms with Gasteiger partial charge < -0.3 is 9.32 Å².